The van der Waals surface area contributed by atoms with Crippen molar-refractivity contribution in [2.24, 2.45) is 5.92 Å². The number of amides is 1. The smallest absolute Gasteiger partial charge is 0.221 e. The van der Waals surface area contributed by atoms with E-state index in [1.54, 1.807) is 0 Å². The van der Waals surface area contributed by atoms with Gasteiger partial charge in [0, 0.05) is 25.0 Å². The predicted molar refractivity (Wildman–Crippen MR) is 76.0 cm³/mol. The van der Waals surface area contributed by atoms with Gasteiger partial charge in [0.15, 0.2) is 0 Å². The van der Waals surface area contributed by atoms with E-state index in [2.05, 4.69) is 15.5 Å². The van der Waals surface area contributed by atoms with Crippen molar-refractivity contribution < 1.29 is 4.79 Å². The first kappa shape index (κ1) is 13.4. The van der Waals surface area contributed by atoms with Crippen LogP contribution in [0, 0.1) is 5.92 Å². The average molecular weight is 265 g/mol. The lowest BCUT2D eigenvalue weighted by atomic mass is 9.90. The third kappa shape index (κ3) is 3.69. The van der Waals surface area contributed by atoms with Crippen molar-refractivity contribution in [2.45, 2.75) is 57.0 Å². The highest BCUT2D eigenvalue weighted by Gasteiger charge is 2.32. The molecule has 3 fully saturated rings. The number of hydrogen-bond donors (Lipinski definition) is 2. The van der Waals surface area contributed by atoms with Crippen molar-refractivity contribution >= 4 is 5.91 Å². The molecule has 0 spiro atoms. The Kier molecular flexibility index (Phi) is 4.38. The molecular weight excluding hydrogens is 238 g/mol. The molecule has 2 unspecified atom stereocenters. The molecule has 108 valence electrons. The van der Waals surface area contributed by atoms with Gasteiger partial charge in [-0.15, -0.1) is 0 Å². The number of piperidine rings is 1. The summed E-state index contributed by atoms with van der Waals surface area (Å²) in [5, 5.41) is 6.62. The second-order valence-electron chi connectivity index (χ2n) is 6.44. The minimum Gasteiger partial charge on any atom is -0.353 e. The first-order valence-electron chi connectivity index (χ1n) is 8.07. The van der Waals surface area contributed by atoms with E-state index in [0.717, 1.165) is 18.5 Å². The van der Waals surface area contributed by atoms with Gasteiger partial charge in [-0.3, -0.25) is 9.69 Å². The molecule has 4 heteroatoms. The van der Waals surface area contributed by atoms with E-state index in [1.165, 1.54) is 58.2 Å². The number of carbonyl (C=O) groups excluding carboxylic acids is 1. The van der Waals surface area contributed by atoms with Gasteiger partial charge >= 0.3 is 0 Å². The summed E-state index contributed by atoms with van der Waals surface area (Å²) in [6, 6.07) is 1.23. The maximum Gasteiger partial charge on any atom is 0.221 e. The summed E-state index contributed by atoms with van der Waals surface area (Å²) >= 11 is 0. The van der Waals surface area contributed by atoms with Gasteiger partial charge in [0.1, 0.15) is 0 Å². The molecule has 19 heavy (non-hydrogen) atoms. The number of likely N-dealkylation sites (tertiary alicyclic amines) is 1. The fourth-order valence-corrected chi connectivity index (χ4v) is 3.64. The fourth-order valence-electron chi connectivity index (χ4n) is 3.64. The molecule has 2 heterocycles. The summed E-state index contributed by atoms with van der Waals surface area (Å²) < 4.78 is 0. The van der Waals surface area contributed by atoms with E-state index in [9.17, 15) is 4.79 Å². The molecule has 3 aliphatic rings. The van der Waals surface area contributed by atoms with E-state index in [-0.39, 0.29) is 5.91 Å². The molecule has 0 radical (unpaired) electrons. The Morgan fingerprint density at radius 2 is 2.11 bits per heavy atom. The molecule has 1 aliphatic carbocycles. The Hall–Kier alpha value is -0.610. The first-order valence-corrected chi connectivity index (χ1v) is 8.07. The molecule has 2 saturated heterocycles. The van der Waals surface area contributed by atoms with Crippen LogP contribution in [0.25, 0.3) is 0 Å². The maximum absolute atomic E-state index is 11.8. The SMILES string of the molecule is O=C(CCN1CCCC1C1CCCNC1)NC1CC1. The number of nitrogens with zero attached hydrogens (tertiary/aromatic N) is 1. The summed E-state index contributed by atoms with van der Waals surface area (Å²) in [5.74, 6) is 1.07. The largest absolute Gasteiger partial charge is 0.353 e. The molecule has 0 aromatic heterocycles. The second kappa shape index (κ2) is 6.23. The topological polar surface area (TPSA) is 44.4 Å². The predicted octanol–water partition coefficient (Wildman–Crippen LogP) is 1.12. The Balaban J connectivity index is 1.44. The standard InChI is InChI=1S/C15H27N3O/c19-15(17-13-5-6-13)7-10-18-9-2-4-14(18)12-3-1-8-16-11-12/h12-14,16H,1-11H2,(H,17,19). The Bertz CT molecular complexity index is 311. The van der Waals surface area contributed by atoms with Gasteiger partial charge in [0.25, 0.3) is 0 Å². The summed E-state index contributed by atoms with van der Waals surface area (Å²) in [7, 11) is 0. The van der Waals surface area contributed by atoms with Crippen molar-refractivity contribution in [1.82, 2.24) is 15.5 Å². The Morgan fingerprint density at radius 3 is 2.84 bits per heavy atom. The highest BCUT2D eigenvalue weighted by molar-refractivity contribution is 5.76. The van der Waals surface area contributed by atoms with E-state index in [0.29, 0.717) is 12.5 Å². The van der Waals surface area contributed by atoms with E-state index < -0.39 is 0 Å². The molecular formula is C15H27N3O. The summed E-state index contributed by atoms with van der Waals surface area (Å²) in [6.07, 6.45) is 8.38. The van der Waals surface area contributed by atoms with Crippen LogP contribution in [-0.4, -0.2) is 49.1 Å². The summed E-state index contributed by atoms with van der Waals surface area (Å²) in [6.45, 7) is 4.51. The normalized spacial score (nSPS) is 32.4. The number of nitrogens with one attached hydrogen (secondary N) is 2. The highest BCUT2D eigenvalue weighted by Crippen LogP contribution is 2.28. The van der Waals surface area contributed by atoms with Crippen LogP contribution in [0.4, 0.5) is 0 Å². The number of hydrogen-bond acceptors (Lipinski definition) is 3. The molecule has 2 N–H and O–H groups in total. The van der Waals surface area contributed by atoms with Crippen molar-refractivity contribution in [3.8, 4) is 0 Å². The van der Waals surface area contributed by atoms with Gasteiger partial charge in [0.2, 0.25) is 5.91 Å². The van der Waals surface area contributed by atoms with Crippen molar-refractivity contribution in [3.05, 3.63) is 0 Å². The van der Waals surface area contributed by atoms with Gasteiger partial charge in [-0.05, 0) is 64.1 Å². The number of rotatable bonds is 5. The monoisotopic (exact) mass is 265 g/mol. The van der Waals surface area contributed by atoms with Gasteiger partial charge < -0.3 is 10.6 Å². The zero-order valence-corrected chi connectivity index (χ0v) is 11.9. The molecule has 1 amide bonds. The lowest BCUT2D eigenvalue weighted by Crippen LogP contribution is -2.44. The molecule has 2 atom stereocenters. The second-order valence-corrected chi connectivity index (χ2v) is 6.44. The minimum absolute atomic E-state index is 0.259. The van der Waals surface area contributed by atoms with E-state index in [4.69, 9.17) is 0 Å². The fraction of sp³-hybridized carbons (Fsp3) is 0.933. The van der Waals surface area contributed by atoms with Crippen LogP contribution in [0.3, 0.4) is 0 Å². The van der Waals surface area contributed by atoms with Crippen LogP contribution in [-0.2, 0) is 4.79 Å². The molecule has 3 rings (SSSR count). The maximum atomic E-state index is 11.8. The van der Waals surface area contributed by atoms with Crippen LogP contribution < -0.4 is 10.6 Å². The third-order valence-corrected chi connectivity index (χ3v) is 4.86. The molecule has 0 aromatic carbocycles. The van der Waals surface area contributed by atoms with Gasteiger partial charge in [-0.1, -0.05) is 0 Å². The average Bonchev–Trinajstić information content (AvgIpc) is 3.12. The van der Waals surface area contributed by atoms with Crippen LogP contribution in [0.15, 0.2) is 0 Å². The molecule has 0 bridgehead atoms. The Labute approximate surface area is 116 Å². The van der Waals surface area contributed by atoms with Crippen LogP contribution in [0.1, 0.15) is 44.9 Å². The van der Waals surface area contributed by atoms with Crippen molar-refractivity contribution in [1.29, 1.82) is 0 Å². The van der Waals surface area contributed by atoms with E-state index >= 15 is 0 Å². The Morgan fingerprint density at radius 1 is 1.21 bits per heavy atom. The molecule has 1 saturated carbocycles. The molecule has 0 aromatic rings. The third-order valence-electron chi connectivity index (χ3n) is 4.86. The molecule has 4 nitrogen and oxygen atoms in total. The van der Waals surface area contributed by atoms with Crippen molar-refractivity contribution in [2.75, 3.05) is 26.2 Å². The molecule has 2 aliphatic heterocycles. The summed E-state index contributed by atoms with van der Waals surface area (Å²) in [4.78, 5) is 14.4. The lowest BCUT2D eigenvalue weighted by molar-refractivity contribution is -0.121. The van der Waals surface area contributed by atoms with Crippen molar-refractivity contribution in [3.63, 3.8) is 0 Å². The first-order chi connectivity index (χ1) is 9.33. The minimum atomic E-state index is 0.259. The van der Waals surface area contributed by atoms with Crippen LogP contribution >= 0.6 is 0 Å². The highest BCUT2D eigenvalue weighted by atomic mass is 16.1. The van der Waals surface area contributed by atoms with Gasteiger partial charge in [-0.25, -0.2) is 0 Å². The zero-order valence-electron chi connectivity index (χ0n) is 11.9. The number of carbonyl (C=O) groups is 1. The zero-order chi connectivity index (χ0) is 13.1. The van der Waals surface area contributed by atoms with Gasteiger partial charge in [-0.2, -0.15) is 0 Å². The van der Waals surface area contributed by atoms with E-state index in [1.807, 2.05) is 0 Å². The lowest BCUT2D eigenvalue weighted by Gasteiger charge is -2.34. The van der Waals surface area contributed by atoms with Crippen LogP contribution in [0.5, 0.6) is 0 Å². The summed E-state index contributed by atoms with van der Waals surface area (Å²) in [5.41, 5.74) is 0. The van der Waals surface area contributed by atoms with Crippen LogP contribution in [0.2, 0.25) is 0 Å². The van der Waals surface area contributed by atoms with Gasteiger partial charge in [0.05, 0.1) is 0 Å². The quantitative estimate of drug-likeness (QED) is 0.783.